The second kappa shape index (κ2) is 9.92. The highest BCUT2D eigenvalue weighted by molar-refractivity contribution is 6.30. The van der Waals surface area contributed by atoms with Gasteiger partial charge in [-0.05, 0) is 45.0 Å². The standard InChI is InChI=1S/C28H28ClN7O/c1-17-15-36(25-11-26(37)34(4)24-10-9-23(12-30)33-28(24)25)18(2)14-35(17)16-21-13-31-19(3)32-27(21)20-5-7-22(29)8-6-20/h5-11,13,17-18H,14-16H2,1-4H3/t17-,18+/m1/s1. The number of hydrogen-bond donors (Lipinski definition) is 0. The molecule has 4 aromatic rings. The Morgan fingerprint density at radius 1 is 1.08 bits per heavy atom. The summed E-state index contributed by atoms with van der Waals surface area (Å²) in [7, 11) is 1.73. The molecule has 0 N–H and O–H groups in total. The molecule has 1 aliphatic rings. The third-order valence-corrected chi connectivity index (χ3v) is 7.34. The summed E-state index contributed by atoms with van der Waals surface area (Å²) >= 11 is 6.11. The van der Waals surface area contributed by atoms with Gasteiger partial charge in [-0.25, -0.2) is 15.0 Å². The van der Waals surface area contributed by atoms with Gasteiger partial charge in [0.2, 0.25) is 0 Å². The lowest BCUT2D eigenvalue weighted by atomic mass is 10.0. The van der Waals surface area contributed by atoms with Crippen LogP contribution in [-0.4, -0.2) is 49.6 Å². The van der Waals surface area contributed by atoms with E-state index in [0.717, 1.165) is 34.9 Å². The first-order valence-corrected chi connectivity index (χ1v) is 12.6. The van der Waals surface area contributed by atoms with Gasteiger partial charge in [-0.3, -0.25) is 9.69 Å². The fraction of sp³-hybridized carbons (Fsp3) is 0.321. The highest BCUT2D eigenvalue weighted by Gasteiger charge is 2.31. The number of hydrogen-bond acceptors (Lipinski definition) is 7. The van der Waals surface area contributed by atoms with Crippen molar-refractivity contribution in [3.8, 4) is 17.3 Å². The Bertz CT molecular complexity index is 1570. The number of pyridine rings is 2. The Morgan fingerprint density at radius 2 is 1.84 bits per heavy atom. The average Bonchev–Trinajstić information content (AvgIpc) is 2.89. The first-order chi connectivity index (χ1) is 17.7. The van der Waals surface area contributed by atoms with E-state index < -0.39 is 0 Å². The van der Waals surface area contributed by atoms with Crippen molar-refractivity contribution < 1.29 is 0 Å². The summed E-state index contributed by atoms with van der Waals surface area (Å²) in [5, 5.41) is 10.1. The molecule has 0 spiro atoms. The fourth-order valence-electron chi connectivity index (χ4n) is 5.03. The number of piperazine rings is 1. The van der Waals surface area contributed by atoms with Crippen molar-refractivity contribution in [1.82, 2.24) is 24.4 Å². The zero-order chi connectivity index (χ0) is 26.3. The zero-order valence-corrected chi connectivity index (χ0v) is 22.1. The van der Waals surface area contributed by atoms with Crippen molar-refractivity contribution >= 4 is 28.3 Å². The van der Waals surface area contributed by atoms with Crippen LogP contribution in [0.15, 0.2) is 53.5 Å². The fourth-order valence-corrected chi connectivity index (χ4v) is 5.16. The Balaban J connectivity index is 1.46. The Kier molecular flexibility index (Phi) is 6.67. The topological polar surface area (TPSA) is 90.9 Å². The summed E-state index contributed by atoms with van der Waals surface area (Å²) in [5.41, 5.74) is 5.38. The van der Waals surface area contributed by atoms with Crippen LogP contribution in [0, 0.1) is 18.3 Å². The van der Waals surface area contributed by atoms with Crippen molar-refractivity contribution in [3.63, 3.8) is 0 Å². The van der Waals surface area contributed by atoms with Gasteiger partial charge in [-0.1, -0.05) is 23.7 Å². The minimum absolute atomic E-state index is 0.0966. The summed E-state index contributed by atoms with van der Waals surface area (Å²) < 4.78 is 1.58. The van der Waals surface area contributed by atoms with Crippen LogP contribution in [-0.2, 0) is 13.6 Å². The summed E-state index contributed by atoms with van der Waals surface area (Å²) in [6, 6.07) is 15.2. The van der Waals surface area contributed by atoms with Crippen molar-refractivity contribution in [2.75, 3.05) is 18.0 Å². The van der Waals surface area contributed by atoms with Gasteiger partial charge in [0.15, 0.2) is 0 Å². The molecule has 5 rings (SSSR count). The highest BCUT2D eigenvalue weighted by atomic mass is 35.5. The van der Waals surface area contributed by atoms with Gasteiger partial charge < -0.3 is 9.47 Å². The van der Waals surface area contributed by atoms with Gasteiger partial charge in [0, 0.05) is 67.2 Å². The second-order valence-corrected chi connectivity index (χ2v) is 10.1. The van der Waals surface area contributed by atoms with E-state index in [0.29, 0.717) is 34.8 Å². The molecule has 2 atom stereocenters. The molecule has 9 heteroatoms. The van der Waals surface area contributed by atoms with Crippen LogP contribution in [0.2, 0.25) is 5.02 Å². The number of nitriles is 1. The predicted molar refractivity (Wildman–Crippen MR) is 146 cm³/mol. The summed E-state index contributed by atoms with van der Waals surface area (Å²) in [6.07, 6.45) is 1.91. The molecule has 1 aromatic carbocycles. The third kappa shape index (κ3) is 4.80. The van der Waals surface area contributed by atoms with Crippen LogP contribution in [0.25, 0.3) is 22.3 Å². The largest absolute Gasteiger partial charge is 0.364 e. The average molecular weight is 514 g/mol. The molecule has 37 heavy (non-hydrogen) atoms. The lowest BCUT2D eigenvalue weighted by molar-refractivity contribution is 0.158. The van der Waals surface area contributed by atoms with E-state index in [1.54, 1.807) is 29.8 Å². The molecule has 1 saturated heterocycles. The quantitative estimate of drug-likeness (QED) is 0.401. The third-order valence-electron chi connectivity index (χ3n) is 7.08. The number of benzene rings is 1. The second-order valence-electron chi connectivity index (χ2n) is 9.68. The van der Waals surface area contributed by atoms with Crippen molar-refractivity contribution in [3.05, 3.63) is 81.1 Å². The van der Waals surface area contributed by atoms with Crippen molar-refractivity contribution in [2.24, 2.45) is 7.05 Å². The van der Waals surface area contributed by atoms with Gasteiger partial charge >= 0.3 is 0 Å². The molecule has 8 nitrogen and oxygen atoms in total. The Hall–Kier alpha value is -3.80. The summed E-state index contributed by atoms with van der Waals surface area (Å²) in [6.45, 7) is 8.43. The van der Waals surface area contributed by atoms with Crippen LogP contribution >= 0.6 is 11.6 Å². The van der Waals surface area contributed by atoms with Crippen molar-refractivity contribution in [1.29, 1.82) is 5.26 Å². The number of anilines is 1. The number of nitrogens with zero attached hydrogens (tertiary/aromatic N) is 7. The summed E-state index contributed by atoms with van der Waals surface area (Å²) in [5.74, 6) is 0.724. The maximum Gasteiger partial charge on any atom is 0.252 e. The summed E-state index contributed by atoms with van der Waals surface area (Å²) in [4.78, 5) is 31.2. The number of fused-ring (bicyclic) bond motifs is 1. The van der Waals surface area contributed by atoms with Gasteiger partial charge in [-0.2, -0.15) is 5.26 Å². The van der Waals surface area contributed by atoms with Gasteiger partial charge in [0.05, 0.1) is 16.9 Å². The number of rotatable bonds is 4. The maximum absolute atomic E-state index is 12.8. The molecular weight excluding hydrogens is 486 g/mol. The number of aromatic nitrogens is 4. The smallest absolute Gasteiger partial charge is 0.252 e. The molecular formula is C28H28ClN7O. The molecule has 4 heterocycles. The van der Waals surface area contributed by atoms with E-state index in [1.165, 1.54) is 0 Å². The minimum atomic E-state index is -0.0966. The molecule has 0 unspecified atom stereocenters. The van der Waals surface area contributed by atoms with Crippen molar-refractivity contribution in [2.45, 2.75) is 39.4 Å². The van der Waals surface area contributed by atoms with Gasteiger partial charge in [-0.15, -0.1) is 0 Å². The molecule has 3 aromatic heterocycles. The highest BCUT2D eigenvalue weighted by Crippen LogP contribution is 2.30. The van der Waals surface area contributed by atoms with Crippen LogP contribution in [0.4, 0.5) is 5.69 Å². The Morgan fingerprint density at radius 3 is 2.57 bits per heavy atom. The van der Waals surface area contributed by atoms with E-state index >= 15 is 0 Å². The minimum Gasteiger partial charge on any atom is -0.364 e. The first kappa shape index (κ1) is 24.9. The molecule has 188 valence electrons. The molecule has 0 saturated carbocycles. The van der Waals surface area contributed by atoms with Gasteiger partial charge in [0.25, 0.3) is 5.56 Å². The van der Waals surface area contributed by atoms with E-state index in [4.69, 9.17) is 16.6 Å². The monoisotopic (exact) mass is 513 g/mol. The molecule has 1 fully saturated rings. The lowest BCUT2D eigenvalue weighted by Crippen LogP contribution is -2.56. The van der Waals surface area contributed by atoms with E-state index in [9.17, 15) is 10.1 Å². The SMILES string of the molecule is Cc1ncc(CN2C[C@H](C)N(c3cc(=O)n(C)c4ccc(C#N)nc34)C[C@H]2C)c(-c2ccc(Cl)cc2)n1. The maximum atomic E-state index is 12.8. The molecule has 0 radical (unpaired) electrons. The molecule has 0 aliphatic carbocycles. The predicted octanol–water partition coefficient (Wildman–Crippen LogP) is 4.32. The van der Waals surface area contributed by atoms with Crippen LogP contribution < -0.4 is 10.5 Å². The Labute approximate surface area is 220 Å². The molecule has 1 aliphatic heterocycles. The first-order valence-electron chi connectivity index (χ1n) is 12.2. The van der Waals surface area contributed by atoms with Gasteiger partial charge in [0.1, 0.15) is 23.1 Å². The van der Waals surface area contributed by atoms with E-state index in [2.05, 4.69) is 39.7 Å². The molecule has 0 amide bonds. The number of halogens is 1. The van der Waals surface area contributed by atoms with Crippen LogP contribution in [0.5, 0.6) is 0 Å². The normalized spacial score (nSPS) is 18.2. The molecule has 0 bridgehead atoms. The zero-order valence-electron chi connectivity index (χ0n) is 21.3. The van der Waals surface area contributed by atoms with Crippen LogP contribution in [0.1, 0.15) is 30.9 Å². The van der Waals surface area contributed by atoms with E-state index in [-0.39, 0.29) is 17.6 Å². The lowest BCUT2D eigenvalue weighted by Gasteiger charge is -2.45. The number of aryl methyl sites for hydroxylation is 2. The van der Waals surface area contributed by atoms with E-state index in [1.807, 2.05) is 37.4 Å². The van der Waals surface area contributed by atoms with Crippen LogP contribution in [0.3, 0.4) is 0 Å².